The Balaban J connectivity index is 0.000000178. The van der Waals surface area contributed by atoms with Gasteiger partial charge in [-0.25, -0.2) is 18.3 Å². The van der Waals surface area contributed by atoms with Crippen LogP contribution in [-0.4, -0.2) is 64.6 Å². The predicted molar refractivity (Wildman–Crippen MR) is 137 cm³/mol. The zero-order valence-electron chi connectivity index (χ0n) is 21.1. The lowest BCUT2D eigenvalue weighted by Crippen LogP contribution is -2.42. The van der Waals surface area contributed by atoms with Crippen molar-refractivity contribution in [3.8, 4) is 5.69 Å². The number of amides is 2. The number of aryl methyl sites for hydroxylation is 1. The van der Waals surface area contributed by atoms with Crippen LogP contribution in [0.2, 0.25) is 0 Å². The number of aromatic nitrogens is 2. The second-order valence-electron chi connectivity index (χ2n) is 9.33. The van der Waals surface area contributed by atoms with Crippen molar-refractivity contribution in [2.75, 3.05) is 32.1 Å². The van der Waals surface area contributed by atoms with E-state index in [-0.39, 0.29) is 12.5 Å². The Morgan fingerprint density at radius 1 is 1.18 bits per heavy atom. The van der Waals surface area contributed by atoms with Crippen molar-refractivity contribution in [2.45, 2.75) is 37.6 Å². The molecular weight excluding hydrogens is 496 g/mol. The third-order valence-electron chi connectivity index (χ3n) is 6.83. The summed E-state index contributed by atoms with van der Waals surface area (Å²) in [6.07, 6.45) is 3.71. The zero-order chi connectivity index (χ0) is 27.2. The minimum Gasteiger partial charge on any atom is -0.480 e. The number of methoxy groups -OCH3 is 1. The first-order valence-electron chi connectivity index (χ1n) is 12.4. The Kier molecular flexibility index (Phi) is 8.70. The predicted octanol–water partition coefficient (Wildman–Crippen LogP) is 3.71. The number of aliphatic carboxylic acids is 1. The molecule has 2 aromatic carbocycles. The topological polar surface area (TPSA) is 123 Å². The Morgan fingerprint density at radius 2 is 1.95 bits per heavy atom. The molecule has 9 nitrogen and oxygen atoms in total. The van der Waals surface area contributed by atoms with Crippen LogP contribution in [0.5, 0.6) is 0 Å². The number of ether oxygens (including phenoxy) is 1. The van der Waals surface area contributed by atoms with Crippen LogP contribution < -0.4 is 11.1 Å². The van der Waals surface area contributed by atoms with E-state index in [0.29, 0.717) is 24.5 Å². The van der Waals surface area contributed by atoms with E-state index in [9.17, 15) is 23.5 Å². The molecule has 1 aromatic heterocycles. The number of hydrogen-bond donors (Lipinski definition) is 3. The molecule has 1 saturated heterocycles. The average molecular weight is 528 g/mol. The number of urea groups is 1. The van der Waals surface area contributed by atoms with Gasteiger partial charge < -0.3 is 15.6 Å². The maximum Gasteiger partial charge on any atom is 0.323 e. The highest BCUT2D eigenvalue weighted by molar-refractivity contribution is 5.88. The first kappa shape index (κ1) is 27.2. The molecular formula is C27H31F2N5O4. The fourth-order valence-corrected chi connectivity index (χ4v) is 4.99. The summed E-state index contributed by atoms with van der Waals surface area (Å²) < 4.78 is 32.8. The van der Waals surface area contributed by atoms with Crippen LogP contribution >= 0.6 is 0 Å². The number of carbonyl (C=O) groups excluding carboxylic acids is 1. The number of para-hydroxylation sites is 1. The molecule has 1 aliphatic heterocycles. The van der Waals surface area contributed by atoms with E-state index in [0.717, 1.165) is 48.7 Å². The molecule has 0 bridgehead atoms. The highest BCUT2D eigenvalue weighted by atomic mass is 19.2. The molecule has 2 heterocycles. The number of benzene rings is 2. The van der Waals surface area contributed by atoms with Crippen LogP contribution in [0, 0.1) is 11.6 Å². The van der Waals surface area contributed by atoms with Gasteiger partial charge in [-0.15, -0.1) is 0 Å². The zero-order valence-corrected chi connectivity index (χ0v) is 21.1. The van der Waals surface area contributed by atoms with Gasteiger partial charge in [0, 0.05) is 19.2 Å². The molecule has 0 radical (unpaired) electrons. The van der Waals surface area contributed by atoms with Gasteiger partial charge in [0.25, 0.3) is 0 Å². The van der Waals surface area contributed by atoms with Gasteiger partial charge in [0.05, 0.1) is 18.0 Å². The molecule has 0 spiro atoms. The molecule has 1 aliphatic carbocycles. The number of nitrogens with zero attached hydrogens (tertiary/aromatic N) is 3. The lowest BCUT2D eigenvalue weighted by Gasteiger charge is -2.23. The number of halogens is 2. The van der Waals surface area contributed by atoms with Crippen molar-refractivity contribution in [1.82, 2.24) is 14.7 Å². The quantitative estimate of drug-likeness (QED) is 0.431. The van der Waals surface area contributed by atoms with Crippen molar-refractivity contribution in [3.05, 3.63) is 77.0 Å². The molecule has 0 saturated carbocycles. The summed E-state index contributed by atoms with van der Waals surface area (Å²) in [6.45, 7) is 1.22. The summed E-state index contributed by atoms with van der Waals surface area (Å²) in [5, 5.41) is 16.4. The molecule has 1 fully saturated rings. The second kappa shape index (κ2) is 12.1. The number of fused-ring (bicyclic) bond motifs is 1. The van der Waals surface area contributed by atoms with Crippen LogP contribution in [0.15, 0.2) is 48.5 Å². The van der Waals surface area contributed by atoms with Gasteiger partial charge in [-0.05, 0) is 68.0 Å². The molecule has 2 atom stereocenters. The van der Waals surface area contributed by atoms with Gasteiger partial charge >= 0.3 is 12.0 Å². The van der Waals surface area contributed by atoms with Gasteiger partial charge in [-0.3, -0.25) is 15.0 Å². The van der Waals surface area contributed by atoms with E-state index in [1.54, 1.807) is 15.6 Å². The molecule has 5 rings (SSSR count). The van der Waals surface area contributed by atoms with E-state index >= 15 is 0 Å². The Hall–Kier alpha value is -3.83. The van der Waals surface area contributed by atoms with E-state index in [1.807, 2.05) is 30.3 Å². The number of anilines is 1. The maximum absolute atomic E-state index is 13.2. The van der Waals surface area contributed by atoms with Crippen molar-refractivity contribution in [3.63, 3.8) is 0 Å². The SMILES string of the molecule is COCC(C(=O)O)N1CCC(c2ccc(F)c(F)c2)C1.NC(=O)Nc1c2c(nn1-c1ccccc1)CCC2. The van der Waals surface area contributed by atoms with Gasteiger partial charge in [0.1, 0.15) is 11.9 Å². The number of rotatable bonds is 7. The Bertz CT molecular complexity index is 1280. The third-order valence-corrected chi connectivity index (χ3v) is 6.83. The number of carboxylic acids is 1. The minimum absolute atomic E-state index is 0.0174. The Labute approximate surface area is 219 Å². The number of hydrogen-bond acceptors (Lipinski definition) is 5. The molecule has 4 N–H and O–H groups in total. The maximum atomic E-state index is 13.2. The van der Waals surface area contributed by atoms with Crippen LogP contribution in [0.1, 0.15) is 35.6 Å². The number of nitrogens with two attached hydrogens (primary N) is 1. The minimum atomic E-state index is -0.933. The van der Waals surface area contributed by atoms with Crippen LogP contribution in [0.3, 0.4) is 0 Å². The molecule has 2 amide bonds. The summed E-state index contributed by atoms with van der Waals surface area (Å²) in [6, 6.07) is 12.3. The summed E-state index contributed by atoms with van der Waals surface area (Å²) in [4.78, 5) is 24.1. The largest absolute Gasteiger partial charge is 0.480 e. The van der Waals surface area contributed by atoms with Crippen molar-refractivity contribution >= 4 is 17.8 Å². The molecule has 11 heteroatoms. The summed E-state index contributed by atoms with van der Waals surface area (Å²) in [5.41, 5.74) is 9.03. The first-order valence-corrected chi connectivity index (χ1v) is 12.4. The van der Waals surface area contributed by atoms with Gasteiger partial charge in [-0.1, -0.05) is 24.3 Å². The lowest BCUT2D eigenvalue weighted by atomic mass is 9.98. The standard InChI is InChI=1S/C14H17F2NO3.C13H14N4O/c1-20-8-13(14(18)19)17-5-4-10(7-17)9-2-3-11(15)12(16)6-9;14-13(18)15-12-10-7-4-8-11(10)16-17(12)9-5-2-1-3-6-9/h2-3,6,10,13H,4-5,7-8H2,1H3,(H,18,19);1-3,5-6H,4,7-8H2,(H3,14,15,18). The molecule has 2 aliphatic rings. The fraction of sp³-hybridized carbons (Fsp3) is 0.370. The monoisotopic (exact) mass is 527 g/mol. The van der Waals surface area contributed by atoms with Crippen LogP contribution in [0.4, 0.5) is 19.4 Å². The van der Waals surface area contributed by atoms with E-state index in [4.69, 9.17) is 10.5 Å². The molecule has 38 heavy (non-hydrogen) atoms. The van der Waals surface area contributed by atoms with E-state index in [1.165, 1.54) is 13.2 Å². The van der Waals surface area contributed by atoms with Crippen molar-refractivity contribution in [1.29, 1.82) is 0 Å². The second-order valence-corrected chi connectivity index (χ2v) is 9.33. The first-order chi connectivity index (χ1) is 18.3. The normalized spacial score (nSPS) is 17.4. The number of carbonyl (C=O) groups is 2. The van der Waals surface area contributed by atoms with Crippen molar-refractivity contribution < 1.29 is 28.2 Å². The summed E-state index contributed by atoms with van der Waals surface area (Å²) in [7, 11) is 1.46. The molecule has 2 unspecified atom stereocenters. The van der Waals surface area contributed by atoms with Gasteiger partial charge in [0.15, 0.2) is 11.6 Å². The number of nitrogens with one attached hydrogen (secondary N) is 1. The third kappa shape index (κ3) is 6.17. The highest BCUT2D eigenvalue weighted by Gasteiger charge is 2.33. The number of likely N-dealkylation sites (tertiary alicyclic amines) is 1. The van der Waals surface area contributed by atoms with E-state index < -0.39 is 29.7 Å². The smallest absolute Gasteiger partial charge is 0.323 e. The van der Waals surface area contributed by atoms with Gasteiger partial charge in [-0.2, -0.15) is 5.10 Å². The molecule has 202 valence electrons. The fourth-order valence-electron chi connectivity index (χ4n) is 4.99. The van der Waals surface area contributed by atoms with Crippen LogP contribution in [-0.2, 0) is 22.4 Å². The Morgan fingerprint density at radius 3 is 2.61 bits per heavy atom. The van der Waals surface area contributed by atoms with Crippen LogP contribution in [0.25, 0.3) is 5.69 Å². The summed E-state index contributed by atoms with van der Waals surface area (Å²) >= 11 is 0. The number of carboxylic acid groups (broad SMARTS) is 1. The summed E-state index contributed by atoms with van der Waals surface area (Å²) in [5.74, 6) is -1.94. The van der Waals surface area contributed by atoms with E-state index in [2.05, 4.69) is 10.4 Å². The van der Waals surface area contributed by atoms with Gasteiger partial charge in [0.2, 0.25) is 0 Å². The van der Waals surface area contributed by atoms with Crippen molar-refractivity contribution in [2.24, 2.45) is 5.73 Å². The lowest BCUT2D eigenvalue weighted by molar-refractivity contribution is -0.144. The highest BCUT2D eigenvalue weighted by Crippen LogP contribution is 2.31. The number of primary amides is 1. The molecule has 3 aromatic rings. The average Bonchev–Trinajstić information content (AvgIpc) is 3.63.